The largest absolute Gasteiger partial charge is 0.459 e. The Morgan fingerprint density at radius 1 is 1.44 bits per heavy atom. The minimum absolute atomic E-state index is 0.0552. The van der Waals surface area contributed by atoms with Crippen molar-refractivity contribution >= 4 is 28.8 Å². The Kier molecular flexibility index (Phi) is 5.50. The van der Waals surface area contributed by atoms with Crippen LogP contribution in [0.4, 0.5) is 0 Å². The number of carbonyl (C=O) groups is 1. The molecular weight excluding hydrogens is 317 g/mol. The minimum atomic E-state index is -0.156. The first-order valence-electron chi connectivity index (χ1n) is 6.13. The average Bonchev–Trinajstić information content (AvgIpc) is 2.76. The molecular formula is C12H22INO2. The second-order valence-corrected chi connectivity index (χ2v) is 5.47. The first-order valence-corrected chi connectivity index (χ1v) is 7.21. The monoisotopic (exact) mass is 339 g/mol. The van der Waals surface area contributed by atoms with Crippen molar-refractivity contribution in [2.75, 3.05) is 0 Å². The lowest BCUT2D eigenvalue weighted by Crippen LogP contribution is -2.38. The molecule has 1 fully saturated rings. The Hall–Kier alpha value is 0.160. The molecule has 1 N–H and O–H groups in total. The van der Waals surface area contributed by atoms with Crippen LogP contribution in [0, 0.1) is 5.92 Å². The van der Waals surface area contributed by atoms with E-state index < -0.39 is 0 Å². The third-order valence-corrected chi connectivity index (χ3v) is 4.75. The minimum Gasteiger partial charge on any atom is -0.459 e. The van der Waals surface area contributed by atoms with E-state index in [1.165, 1.54) is 12.8 Å². The zero-order chi connectivity index (χ0) is 12.2. The number of nitrogens with one attached hydrogen (secondary N) is 1. The van der Waals surface area contributed by atoms with Crippen LogP contribution < -0.4 is 3.53 Å². The van der Waals surface area contributed by atoms with Gasteiger partial charge in [-0.3, -0.25) is 8.32 Å². The molecule has 0 aliphatic heterocycles. The second kappa shape index (κ2) is 6.19. The van der Waals surface area contributed by atoms with Crippen LogP contribution in [-0.4, -0.2) is 17.6 Å². The molecule has 2 atom stereocenters. The van der Waals surface area contributed by atoms with Crippen molar-refractivity contribution in [1.29, 1.82) is 0 Å². The van der Waals surface area contributed by atoms with Gasteiger partial charge in [0.05, 0.1) is 5.92 Å². The molecule has 0 heterocycles. The molecule has 0 aromatic rings. The van der Waals surface area contributed by atoms with E-state index >= 15 is 0 Å². The standard InChI is InChI=1S/C12H22INO2/c1-4-12(7-5-6-8-12)16-11(15)9(2)10(3)14-13/h9-10,14H,4-8H2,1-3H3. The Bertz CT molecular complexity index is 239. The molecule has 0 saturated heterocycles. The SMILES string of the molecule is CCC1(OC(=O)C(C)C(C)NI)CCCC1. The highest BCUT2D eigenvalue weighted by Gasteiger charge is 2.37. The van der Waals surface area contributed by atoms with E-state index in [1.807, 2.05) is 13.8 Å². The summed E-state index contributed by atoms with van der Waals surface area (Å²) in [6, 6.07) is 0.156. The van der Waals surface area contributed by atoms with Gasteiger partial charge in [-0.25, -0.2) is 0 Å². The Morgan fingerprint density at radius 2 is 2.00 bits per heavy atom. The fourth-order valence-corrected chi connectivity index (χ4v) is 2.69. The van der Waals surface area contributed by atoms with Gasteiger partial charge in [0.15, 0.2) is 0 Å². The Balaban J connectivity index is 2.55. The van der Waals surface area contributed by atoms with E-state index in [2.05, 4.69) is 33.3 Å². The molecule has 0 spiro atoms. The molecule has 3 nitrogen and oxygen atoms in total. The lowest BCUT2D eigenvalue weighted by atomic mass is 9.97. The van der Waals surface area contributed by atoms with E-state index in [1.54, 1.807) is 0 Å². The van der Waals surface area contributed by atoms with Crippen molar-refractivity contribution in [3.05, 3.63) is 0 Å². The summed E-state index contributed by atoms with van der Waals surface area (Å²) in [7, 11) is 0. The predicted octanol–water partition coefficient (Wildman–Crippen LogP) is 3.22. The molecule has 94 valence electrons. The normalized spacial score (nSPS) is 22.8. The molecule has 0 aromatic carbocycles. The van der Waals surface area contributed by atoms with E-state index in [0.29, 0.717) is 0 Å². The van der Waals surface area contributed by atoms with Gasteiger partial charge in [-0.2, -0.15) is 0 Å². The summed E-state index contributed by atoms with van der Waals surface area (Å²) in [5.74, 6) is -0.138. The van der Waals surface area contributed by atoms with Crippen molar-refractivity contribution in [3.63, 3.8) is 0 Å². The maximum absolute atomic E-state index is 12.0. The molecule has 1 aliphatic carbocycles. The van der Waals surface area contributed by atoms with Crippen LogP contribution in [0.25, 0.3) is 0 Å². The average molecular weight is 339 g/mol. The topological polar surface area (TPSA) is 38.3 Å². The highest BCUT2D eigenvalue weighted by atomic mass is 127. The Labute approximate surface area is 112 Å². The highest BCUT2D eigenvalue weighted by molar-refractivity contribution is 14.1. The van der Waals surface area contributed by atoms with Crippen LogP contribution in [0.3, 0.4) is 0 Å². The Morgan fingerprint density at radius 3 is 2.44 bits per heavy atom. The zero-order valence-corrected chi connectivity index (χ0v) is 12.5. The number of hydrogen-bond acceptors (Lipinski definition) is 3. The molecule has 4 heteroatoms. The molecule has 0 aromatic heterocycles. The number of esters is 1. The molecule has 1 saturated carbocycles. The molecule has 16 heavy (non-hydrogen) atoms. The van der Waals surface area contributed by atoms with Crippen LogP contribution in [0.1, 0.15) is 52.9 Å². The van der Waals surface area contributed by atoms with E-state index in [9.17, 15) is 4.79 Å². The van der Waals surface area contributed by atoms with Gasteiger partial charge < -0.3 is 4.74 Å². The van der Waals surface area contributed by atoms with Crippen LogP contribution in [-0.2, 0) is 9.53 Å². The smallest absolute Gasteiger partial charge is 0.310 e. The van der Waals surface area contributed by atoms with Gasteiger partial charge in [0, 0.05) is 28.9 Å². The van der Waals surface area contributed by atoms with Gasteiger partial charge >= 0.3 is 5.97 Å². The van der Waals surface area contributed by atoms with Crippen molar-refractivity contribution in [1.82, 2.24) is 3.53 Å². The van der Waals surface area contributed by atoms with Crippen LogP contribution >= 0.6 is 22.9 Å². The lowest BCUT2D eigenvalue weighted by molar-refractivity contribution is -0.164. The quantitative estimate of drug-likeness (QED) is 0.475. The van der Waals surface area contributed by atoms with Gasteiger partial charge in [0.2, 0.25) is 0 Å². The predicted molar refractivity (Wildman–Crippen MR) is 73.4 cm³/mol. The number of halogens is 1. The van der Waals surface area contributed by atoms with Crippen molar-refractivity contribution in [2.45, 2.75) is 64.5 Å². The van der Waals surface area contributed by atoms with Gasteiger partial charge in [0.1, 0.15) is 5.60 Å². The van der Waals surface area contributed by atoms with Crippen molar-refractivity contribution in [2.24, 2.45) is 5.92 Å². The molecule has 0 radical (unpaired) electrons. The molecule has 0 bridgehead atoms. The number of rotatable bonds is 5. The van der Waals surface area contributed by atoms with Gasteiger partial charge in [0.25, 0.3) is 0 Å². The zero-order valence-electron chi connectivity index (χ0n) is 10.4. The van der Waals surface area contributed by atoms with Crippen LogP contribution in [0.2, 0.25) is 0 Å². The maximum atomic E-state index is 12.0. The number of hydrogen-bond donors (Lipinski definition) is 1. The summed E-state index contributed by atoms with van der Waals surface area (Å²) in [6.45, 7) is 6.05. The summed E-state index contributed by atoms with van der Waals surface area (Å²) in [5, 5.41) is 0. The molecule has 1 aliphatic rings. The summed E-state index contributed by atoms with van der Waals surface area (Å²) in [4.78, 5) is 12.0. The van der Waals surface area contributed by atoms with Crippen molar-refractivity contribution in [3.8, 4) is 0 Å². The fourth-order valence-electron chi connectivity index (χ4n) is 2.15. The number of carbonyl (C=O) groups excluding carboxylic acids is 1. The van der Waals surface area contributed by atoms with E-state index in [-0.39, 0.29) is 23.5 Å². The summed E-state index contributed by atoms with van der Waals surface area (Å²) in [5.41, 5.74) is -0.156. The van der Waals surface area contributed by atoms with Gasteiger partial charge in [-0.15, -0.1) is 0 Å². The third-order valence-electron chi connectivity index (χ3n) is 3.77. The van der Waals surface area contributed by atoms with E-state index in [0.717, 1.165) is 19.3 Å². The summed E-state index contributed by atoms with van der Waals surface area (Å²) in [6.07, 6.45) is 5.39. The van der Waals surface area contributed by atoms with Gasteiger partial charge in [-0.1, -0.05) is 13.8 Å². The molecule has 0 amide bonds. The first kappa shape index (κ1) is 14.2. The van der Waals surface area contributed by atoms with Gasteiger partial charge in [-0.05, 0) is 39.0 Å². The fraction of sp³-hybridized carbons (Fsp3) is 0.917. The molecule has 1 rings (SSSR count). The maximum Gasteiger partial charge on any atom is 0.310 e. The third kappa shape index (κ3) is 3.32. The highest BCUT2D eigenvalue weighted by Crippen LogP contribution is 2.36. The van der Waals surface area contributed by atoms with Crippen molar-refractivity contribution < 1.29 is 9.53 Å². The van der Waals surface area contributed by atoms with Crippen LogP contribution in [0.5, 0.6) is 0 Å². The first-order chi connectivity index (χ1) is 7.54. The van der Waals surface area contributed by atoms with E-state index in [4.69, 9.17) is 4.74 Å². The number of ether oxygens (including phenoxy) is 1. The lowest BCUT2D eigenvalue weighted by Gasteiger charge is -2.30. The second-order valence-electron chi connectivity index (χ2n) is 4.85. The molecule has 2 unspecified atom stereocenters. The summed E-state index contributed by atoms with van der Waals surface area (Å²) >= 11 is 2.08. The summed E-state index contributed by atoms with van der Waals surface area (Å²) < 4.78 is 8.82. The van der Waals surface area contributed by atoms with Crippen LogP contribution in [0.15, 0.2) is 0 Å².